The molecule has 0 fully saturated rings. The Kier molecular flexibility index (Phi) is 2.88. The van der Waals surface area contributed by atoms with Crippen molar-refractivity contribution in [3.63, 3.8) is 0 Å². The molecule has 2 aromatic heterocycles. The summed E-state index contributed by atoms with van der Waals surface area (Å²) in [5.74, 6) is 0.847. The average molecular weight is 271 g/mol. The number of hydrogen-bond donors (Lipinski definition) is 3. The number of nitrogens with zero attached hydrogens (tertiary/aromatic N) is 2. The maximum absolute atomic E-state index is 10.0. The zero-order chi connectivity index (χ0) is 10.8. The summed E-state index contributed by atoms with van der Waals surface area (Å²) in [6.45, 7) is 2.00. The first-order valence-corrected chi connectivity index (χ1v) is 5.42. The third-order valence-electron chi connectivity index (χ3n) is 2.18. The van der Waals surface area contributed by atoms with Crippen molar-refractivity contribution in [2.45, 2.75) is 19.4 Å². The van der Waals surface area contributed by atoms with Gasteiger partial charge in [0.15, 0.2) is 0 Å². The van der Waals surface area contributed by atoms with E-state index in [1.807, 2.05) is 6.92 Å². The van der Waals surface area contributed by atoms with Crippen LogP contribution in [0.4, 0.5) is 0 Å². The van der Waals surface area contributed by atoms with Crippen LogP contribution in [0.2, 0.25) is 0 Å². The second-order valence-electron chi connectivity index (χ2n) is 3.18. The Balaban J connectivity index is 2.33. The monoisotopic (exact) mass is 270 g/mol. The maximum Gasteiger partial charge on any atom is 0.130 e. The zero-order valence-corrected chi connectivity index (χ0v) is 9.74. The van der Waals surface area contributed by atoms with Crippen LogP contribution in [-0.2, 0) is 6.42 Å². The van der Waals surface area contributed by atoms with Crippen molar-refractivity contribution in [2.24, 2.45) is 0 Å². The summed E-state index contributed by atoms with van der Waals surface area (Å²) in [4.78, 5) is 7.30. The molecule has 0 amide bonds. The van der Waals surface area contributed by atoms with E-state index in [0.717, 1.165) is 12.2 Å². The van der Waals surface area contributed by atoms with Crippen LogP contribution in [0, 0.1) is 0 Å². The first-order chi connectivity index (χ1) is 7.22. The number of halogens is 1. The molecule has 0 saturated carbocycles. The molecule has 0 bridgehead atoms. The van der Waals surface area contributed by atoms with E-state index in [-0.39, 0.29) is 0 Å². The van der Waals surface area contributed by atoms with Crippen LogP contribution in [-0.4, -0.2) is 25.3 Å². The second kappa shape index (κ2) is 4.16. The van der Waals surface area contributed by atoms with E-state index < -0.39 is 6.10 Å². The van der Waals surface area contributed by atoms with Crippen molar-refractivity contribution in [1.82, 2.24) is 20.2 Å². The summed E-state index contributed by atoms with van der Waals surface area (Å²) >= 11 is 3.31. The van der Waals surface area contributed by atoms with Crippen molar-refractivity contribution in [2.75, 3.05) is 0 Å². The van der Waals surface area contributed by atoms with Gasteiger partial charge in [0.05, 0.1) is 11.9 Å². The van der Waals surface area contributed by atoms with Gasteiger partial charge in [0, 0.05) is 18.2 Å². The molecule has 2 heterocycles. The van der Waals surface area contributed by atoms with Gasteiger partial charge in [-0.3, -0.25) is 5.10 Å². The molecule has 0 saturated heterocycles. The molecule has 0 aromatic carbocycles. The minimum atomic E-state index is -0.731. The smallest absolute Gasteiger partial charge is 0.130 e. The molecule has 0 radical (unpaired) electrons. The van der Waals surface area contributed by atoms with E-state index >= 15 is 0 Å². The Hall–Kier alpha value is -1.14. The van der Waals surface area contributed by atoms with Gasteiger partial charge in [0.25, 0.3) is 0 Å². The van der Waals surface area contributed by atoms with E-state index in [1.165, 1.54) is 0 Å². The lowest BCUT2D eigenvalue weighted by Crippen LogP contribution is -1.99. The molecule has 1 atom stereocenters. The number of aliphatic hydroxyl groups is 1. The summed E-state index contributed by atoms with van der Waals surface area (Å²) in [6, 6.07) is 0. The lowest BCUT2D eigenvalue weighted by Gasteiger charge is -2.05. The predicted octanol–water partition coefficient (Wildman–Crippen LogP) is 1.54. The fraction of sp³-hybridized carbons (Fsp3) is 0.333. The highest BCUT2D eigenvalue weighted by atomic mass is 79.9. The number of nitrogens with one attached hydrogen (secondary N) is 2. The van der Waals surface area contributed by atoms with Crippen molar-refractivity contribution >= 4 is 15.9 Å². The van der Waals surface area contributed by atoms with Gasteiger partial charge in [0.2, 0.25) is 0 Å². The van der Waals surface area contributed by atoms with E-state index in [4.69, 9.17) is 0 Å². The van der Waals surface area contributed by atoms with E-state index in [0.29, 0.717) is 15.9 Å². The third-order valence-corrected chi connectivity index (χ3v) is 2.78. The Morgan fingerprint density at radius 3 is 2.93 bits per heavy atom. The Labute approximate surface area is 95.1 Å². The number of H-pyrrole nitrogens is 2. The zero-order valence-electron chi connectivity index (χ0n) is 8.16. The summed E-state index contributed by atoms with van der Waals surface area (Å²) in [5, 5.41) is 16.5. The Morgan fingerprint density at radius 1 is 1.60 bits per heavy atom. The molecule has 2 rings (SSSR count). The summed E-state index contributed by atoms with van der Waals surface area (Å²) < 4.78 is 0.646. The summed E-state index contributed by atoms with van der Waals surface area (Å²) in [6.07, 6.45) is 3.31. The van der Waals surface area contributed by atoms with E-state index in [1.54, 1.807) is 12.4 Å². The van der Waals surface area contributed by atoms with Gasteiger partial charge < -0.3 is 10.1 Å². The number of hydrogen-bond acceptors (Lipinski definition) is 3. The highest BCUT2D eigenvalue weighted by Gasteiger charge is 2.18. The van der Waals surface area contributed by atoms with Crippen LogP contribution < -0.4 is 0 Å². The number of aromatic nitrogens is 4. The molecule has 2 aromatic rings. The highest BCUT2D eigenvalue weighted by molar-refractivity contribution is 9.10. The number of aromatic amines is 2. The minimum absolute atomic E-state index is 0.646. The molecule has 5 nitrogen and oxygen atoms in total. The van der Waals surface area contributed by atoms with Gasteiger partial charge in [-0.1, -0.05) is 6.92 Å². The molecule has 0 aliphatic heterocycles. The van der Waals surface area contributed by atoms with E-state index in [9.17, 15) is 5.11 Å². The largest absolute Gasteiger partial charge is 0.382 e. The first-order valence-electron chi connectivity index (χ1n) is 4.63. The van der Waals surface area contributed by atoms with Gasteiger partial charge in [-0.2, -0.15) is 5.10 Å². The third kappa shape index (κ3) is 1.95. The van der Waals surface area contributed by atoms with E-state index in [2.05, 4.69) is 36.1 Å². The highest BCUT2D eigenvalue weighted by Crippen LogP contribution is 2.25. The Bertz CT molecular complexity index is 437. The van der Waals surface area contributed by atoms with Crippen molar-refractivity contribution in [3.05, 3.63) is 34.1 Å². The lowest BCUT2D eigenvalue weighted by molar-refractivity contribution is 0.215. The number of aryl methyl sites for hydroxylation is 1. The van der Waals surface area contributed by atoms with Crippen LogP contribution >= 0.6 is 15.9 Å². The normalized spacial score (nSPS) is 13.0. The molecular formula is C9H11BrN4O. The van der Waals surface area contributed by atoms with Gasteiger partial charge in [-0.15, -0.1) is 0 Å². The fourth-order valence-electron chi connectivity index (χ4n) is 1.34. The van der Waals surface area contributed by atoms with Crippen LogP contribution in [0.25, 0.3) is 0 Å². The topological polar surface area (TPSA) is 77.6 Å². The van der Waals surface area contributed by atoms with Crippen molar-refractivity contribution < 1.29 is 5.11 Å². The van der Waals surface area contributed by atoms with Crippen LogP contribution in [0.3, 0.4) is 0 Å². The number of aliphatic hydroxyl groups excluding tert-OH is 1. The SMILES string of the molecule is CCc1nc(Br)c(C(O)c2cn[nH]c2)[nH]1. The first kappa shape index (κ1) is 10.4. The molecule has 0 aliphatic rings. The van der Waals surface area contributed by atoms with Crippen molar-refractivity contribution in [1.29, 1.82) is 0 Å². The quantitative estimate of drug-likeness (QED) is 0.792. The average Bonchev–Trinajstić information content (AvgIpc) is 2.85. The minimum Gasteiger partial charge on any atom is -0.382 e. The number of rotatable bonds is 3. The molecule has 0 aliphatic carbocycles. The van der Waals surface area contributed by atoms with Crippen LogP contribution in [0.15, 0.2) is 17.0 Å². The maximum atomic E-state index is 10.0. The molecule has 0 spiro atoms. The molecule has 15 heavy (non-hydrogen) atoms. The van der Waals surface area contributed by atoms with Crippen LogP contribution in [0.5, 0.6) is 0 Å². The van der Waals surface area contributed by atoms with Gasteiger partial charge in [-0.05, 0) is 15.9 Å². The molecule has 80 valence electrons. The van der Waals surface area contributed by atoms with Crippen molar-refractivity contribution in [3.8, 4) is 0 Å². The summed E-state index contributed by atoms with van der Waals surface area (Å²) in [7, 11) is 0. The summed E-state index contributed by atoms with van der Waals surface area (Å²) in [5.41, 5.74) is 1.37. The Morgan fingerprint density at radius 2 is 2.40 bits per heavy atom. The standard InChI is InChI=1S/C9H11BrN4O/c1-2-6-13-7(9(10)14-6)8(15)5-3-11-12-4-5/h3-4,8,15H,2H2,1H3,(H,11,12)(H,13,14). The van der Waals surface area contributed by atoms with Gasteiger partial charge >= 0.3 is 0 Å². The van der Waals surface area contributed by atoms with Crippen LogP contribution in [0.1, 0.15) is 30.1 Å². The fourth-order valence-corrected chi connectivity index (χ4v) is 1.87. The van der Waals surface area contributed by atoms with Gasteiger partial charge in [0.1, 0.15) is 16.5 Å². The molecular weight excluding hydrogens is 260 g/mol. The van der Waals surface area contributed by atoms with Gasteiger partial charge in [-0.25, -0.2) is 4.98 Å². The second-order valence-corrected chi connectivity index (χ2v) is 3.93. The molecule has 3 N–H and O–H groups in total. The predicted molar refractivity (Wildman–Crippen MR) is 58.3 cm³/mol. The lowest BCUT2D eigenvalue weighted by atomic mass is 10.1. The molecule has 1 unspecified atom stereocenters. The molecule has 6 heteroatoms. The number of imidazole rings is 1.